The van der Waals surface area contributed by atoms with Crippen LogP contribution in [0.1, 0.15) is 127 Å². The molecule has 6 nitrogen and oxygen atoms in total. The first kappa shape index (κ1) is 34.3. The normalized spacial score (nSPS) is 30.1. The Morgan fingerprint density at radius 2 is 1.89 bits per heavy atom. The van der Waals surface area contributed by atoms with E-state index in [-0.39, 0.29) is 29.4 Å². The molecular formula is C40H57N3O3S. The Morgan fingerprint density at radius 1 is 1.06 bits per heavy atom. The van der Waals surface area contributed by atoms with Crippen molar-refractivity contribution < 1.29 is 14.3 Å². The Morgan fingerprint density at radius 3 is 2.74 bits per heavy atom. The second-order valence-electron chi connectivity index (χ2n) is 15.0. The number of methoxy groups -OCH3 is 1. The number of rotatable bonds is 15. The first-order valence-electron chi connectivity index (χ1n) is 18.8. The molecule has 7 atom stereocenters. The van der Waals surface area contributed by atoms with Gasteiger partial charge in [0.05, 0.1) is 19.2 Å². The van der Waals surface area contributed by atoms with E-state index >= 15 is 0 Å². The summed E-state index contributed by atoms with van der Waals surface area (Å²) in [6.07, 6.45) is 21.9. The molecule has 1 saturated carbocycles. The molecule has 7 heteroatoms. The minimum absolute atomic E-state index is 0.0266. The molecule has 3 N–H and O–H groups in total. The third-order valence-electron chi connectivity index (χ3n) is 12.1. The monoisotopic (exact) mass is 659 g/mol. The van der Waals surface area contributed by atoms with E-state index < -0.39 is 0 Å². The van der Waals surface area contributed by atoms with Crippen molar-refractivity contribution in [3.8, 4) is 17.6 Å². The summed E-state index contributed by atoms with van der Waals surface area (Å²) < 4.78 is 5.50. The van der Waals surface area contributed by atoms with Gasteiger partial charge in [0.2, 0.25) is 5.91 Å². The summed E-state index contributed by atoms with van der Waals surface area (Å²) in [6.45, 7) is 3.31. The van der Waals surface area contributed by atoms with Crippen LogP contribution < -0.4 is 20.7 Å². The Hall–Kier alpha value is -2.59. The largest absolute Gasteiger partial charge is 0.497 e. The Kier molecular flexibility index (Phi) is 11.8. The summed E-state index contributed by atoms with van der Waals surface area (Å²) in [5.74, 6) is 11.6. The van der Waals surface area contributed by atoms with Gasteiger partial charge in [0, 0.05) is 41.4 Å². The van der Waals surface area contributed by atoms with Crippen molar-refractivity contribution in [2.45, 2.75) is 139 Å². The molecule has 47 heavy (non-hydrogen) atoms. The van der Waals surface area contributed by atoms with Crippen LogP contribution in [0.3, 0.4) is 0 Å². The molecule has 3 amide bonds. The van der Waals surface area contributed by atoms with Gasteiger partial charge in [0.15, 0.2) is 0 Å². The molecule has 0 unspecified atom stereocenters. The number of hydrogen-bond acceptors (Lipinski definition) is 4. The zero-order chi connectivity index (χ0) is 32.6. The molecule has 2 heterocycles. The molecule has 3 fully saturated rings. The number of thioether (sulfide) groups is 1. The molecule has 5 aliphatic rings. The van der Waals surface area contributed by atoms with E-state index in [1.807, 2.05) is 11.8 Å². The maximum Gasteiger partial charge on any atom is 0.315 e. The number of urea groups is 1. The van der Waals surface area contributed by atoms with Gasteiger partial charge >= 0.3 is 6.03 Å². The van der Waals surface area contributed by atoms with Crippen LogP contribution in [0.25, 0.3) is 0 Å². The highest BCUT2D eigenvalue weighted by Crippen LogP contribution is 2.61. The third-order valence-corrected chi connectivity index (χ3v) is 13.6. The number of aryl methyl sites for hydroxylation is 1. The van der Waals surface area contributed by atoms with Gasteiger partial charge in [-0.3, -0.25) is 4.79 Å². The number of unbranched alkanes of at least 4 members (excludes halogenated alkanes) is 8. The lowest BCUT2D eigenvalue weighted by atomic mass is 9.54. The zero-order valence-corrected chi connectivity index (χ0v) is 29.7. The van der Waals surface area contributed by atoms with Crippen LogP contribution in [0.4, 0.5) is 4.79 Å². The van der Waals surface area contributed by atoms with Crippen LogP contribution in [0.5, 0.6) is 5.75 Å². The number of amides is 3. The Bertz CT molecular complexity index is 1350. The van der Waals surface area contributed by atoms with E-state index in [1.54, 1.807) is 12.7 Å². The van der Waals surface area contributed by atoms with Crippen LogP contribution in [0.15, 0.2) is 29.8 Å². The van der Waals surface area contributed by atoms with Crippen molar-refractivity contribution in [2.24, 2.45) is 17.3 Å². The lowest BCUT2D eigenvalue weighted by molar-refractivity contribution is -0.121. The van der Waals surface area contributed by atoms with Crippen molar-refractivity contribution in [1.82, 2.24) is 16.0 Å². The smallest absolute Gasteiger partial charge is 0.315 e. The highest BCUT2D eigenvalue weighted by molar-refractivity contribution is 8.00. The summed E-state index contributed by atoms with van der Waals surface area (Å²) in [4.78, 5) is 23.7. The molecule has 2 aliphatic heterocycles. The number of nitrogens with one attached hydrogen (secondary N) is 3. The highest BCUT2D eigenvalue weighted by atomic mass is 32.2. The molecule has 2 saturated heterocycles. The van der Waals surface area contributed by atoms with Crippen LogP contribution in [-0.4, -0.2) is 48.7 Å². The van der Waals surface area contributed by atoms with Crippen molar-refractivity contribution in [3.63, 3.8) is 0 Å². The maximum atomic E-state index is 12.2. The lowest BCUT2D eigenvalue weighted by Crippen LogP contribution is -2.41. The zero-order valence-electron chi connectivity index (χ0n) is 28.8. The second-order valence-corrected chi connectivity index (χ2v) is 16.3. The van der Waals surface area contributed by atoms with Crippen LogP contribution in [0.2, 0.25) is 0 Å². The second kappa shape index (κ2) is 16.2. The SMILES string of the molecule is COc1ccc2c(c1)CC[C@@H]1[C@@H]2CC[C@]2(C)C(C#CCCCCCCCCCNC(=O)CCCC[C@@H]3SC[C@@H]4NC(=O)N[C@@H]43)=CC[C@@H]12. The molecule has 6 rings (SSSR count). The Labute approximate surface area is 287 Å². The van der Waals surface area contributed by atoms with E-state index in [4.69, 9.17) is 4.74 Å². The average Bonchev–Trinajstić information content (AvgIpc) is 3.74. The number of benzene rings is 1. The van der Waals surface area contributed by atoms with Gasteiger partial charge in [-0.25, -0.2) is 4.79 Å². The quantitative estimate of drug-likeness (QED) is 0.101. The minimum atomic E-state index is -0.0266. The third kappa shape index (κ3) is 8.18. The fourth-order valence-corrected chi connectivity index (χ4v) is 11.0. The lowest BCUT2D eigenvalue weighted by Gasteiger charge is -2.49. The molecule has 1 aromatic rings. The van der Waals surface area contributed by atoms with Gasteiger partial charge in [-0.05, 0) is 98.8 Å². The molecule has 0 aromatic heterocycles. The molecule has 0 bridgehead atoms. The molecule has 1 aromatic carbocycles. The van der Waals surface area contributed by atoms with Crippen molar-refractivity contribution in [2.75, 3.05) is 19.4 Å². The number of ether oxygens (including phenoxy) is 1. The van der Waals surface area contributed by atoms with Crippen molar-refractivity contribution in [3.05, 3.63) is 41.0 Å². The van der Waals surface area contributed by atoms with Gasteiger partial charge in [0.1, 0.15) is 5.75 Å². The number of hydrogen-bond donors (Lipinski definition) is 3. The predicted octanol–water partition coefficient (Wildman–Crippen LogP) is 8.05. The highest BCUT2D eigenvalue weighted by Gasteiger charge is 2.51. The number of allylic oxidation sites excluding steroid dienone is 2. The Balaban J connectivity index is 0.776. The van der Waals surface area contributed by atoms with E-state index in [9.17, 15) is 9.59 Å². The molecule has 256 valence electrons. The van der Waals surface area contributed by atoms with Gasteiger partial charge in [0.25, 0.3) is 0 Å². The number of carbonyl (C=O) groups excluding carboxylic acids is 2. The fraction of sp³-hybridized carbons (Fsp3) is 0.700. The van der Waals surface area contributed by atoms with Crippen LogP contribution in [-0.2, 0) is 11.2 Å². The first-order valence-corrected chi connectivity index (χ1v) is 19.8. The van der Waals surface area contributed by atoms with E-state index in [1.165, 1.54) is 81.8 Å². The van der Waals surface area contributed by atoms with Crippen LogP contribution >= 0.6 is 11.8 Å². The van der Waals surface area contributed by atoms with Crippen molar-refractivity contribution in [1.29, 1.82) is 0 Å². The summed E-state index contributed by atoms with van der Waals surface area (Å²) >= 11 is 1.95. The first-order chi connectivity index (χ1) is 23.0. The summed E-state index contributed by atoms with van der Waals surface area (Å²) in [5.41, 5.74) is 4.81. The fourth-order valence-electron chi connectivity index (χ4n) is 9.42. The van der Waals surface area contributed by atoms with Gasteiger partial charge in [-0.15, -0.1) is 0 Å². The molecule has 0 spiro atoms. The topological polar surface area (TPSA) is 79.5 Å². The molecule has 0 radical (unpaired) electrons. The minimum Gasteiger partial charge on any atom is -0.497 e. The van der Waals surface area contributed by atoms with Gasteiger partial charge < -0.3 is 20.7 Å². The molecule has 3 aliphatic carbocycles. The van der Waals surface area contributed by atoms with E-state index in [0.29, 0.717) is 17.6 Å². The van der Waals surface area contributed by atoms with Crippen LogP contribution in [0, 0.1) is 29.1 Å². The van der Waals surface area contributed by atoms with Gasteiger partial charge in [-0.1, -0.05) is 69.4 Å². The number of fused-ring (bicyclic) bond motifs is 6. The van der Waals surface area contributed by atoms with E-state index in [0.717, 1.165) is 62.0 Å². The average molecular weight is 660 g/mol. The maximum absolute atomic E-state index is 12.2. The van der Waals surface area contributed by atoms with Gasteiger partial charge in [-0.2, -0.15) is 11.8 Å². The molecular weight excluding hydrogens is 603 g/mol. The summed E-state index contributed by atoms with van der Waals surface area (Å²) in [7, 11) is 1.77. The predicted molar refractivity (Wildman–Crippen MR) is 193 cm³/mol. The summed E-state index contributed by atoms with van der Waals surface area (Å²) in [6, 6.07) is 7.31. The summed E-state index contributed by atoms with van der Waals surface area (Å²) in [5, 5.41) is 9.63. The number of carbonyl (C=O) groups is 2. The standard InChI is InChI=1S/C40H57N3O3S/c1-40-24-23-32-31-21-19-30(46-2)26-28(31)17-20-33(32)34(40)22-18-29(40)14-10-8-6-4-3-5-7-9-13-25-41-37(44)16-12-11-15-36-38-35(27-47-36)42-39(45)43-38/h18-19,21,26,32-36,38H,3-9,11-13,15-17,20,22-25,27H2,1-2H3,(H,41,44)(H2,42,43,45)/t32-,33-,34+,35+,36+,38+,40-/m1/s1. The van der Waals surface area contributed by atoms with E-state index in [2.05, 4.69) is 59.0 Å². The van der Waals surface area contributed by atoms with Crippen molar-refractivity contribution >= 4 is 23.7 Å².